The van der Waals surface area contributed by atoms with Crippen molar-refractivity contribution in [2.45, 2.75) is 0 Å². The largest absolute Gasteiger partial charge is 0.483 e. The number of nitrogens with zero attached hydrogens (tertiary/aromatic N) is 3. The highest BCUT2D eigenvalue weighted by Crippen LogP contribution is 1.84. The molecule has 0 atom stereocenters. The smallest absolute Gasteiger partial charge is 0.294 e. The van der Waals surface area contributed by atoms with Gasteiger partial charge in [-0.2, -0.15) is 5.10 Å². The molecule has 0 saturated carbocycles. The highest BCUT2D eigenvalue weighted by Gasteiger charge is 1.95. The summed E-state index contributed by atoms with van der Waals surface area (Å²) in [5.41, 5.74) is 0.0995. The summed E-state index contributed by atoms with van der Waals surface area (Å²) in [6, 6.07) is 0. The van der Waals surface area contributed by atoms with Crippen LogP contribution in [0.4, 0.5) is 0 Å². The highest BCUT2D eigenvalue weighted by atomic mass is 16.3. The number of nitrogens with one attached hydrogen (secondary N) is 1. The fourth-order valence-electron chi connectivity index (χ4n) is 0.767. The molecule has 0 fully saturated rings. The number of aromatic nitrogens is 4. The summed E-state index contributed by atoms with van der Waals surface area (Å²) in [7, 11) is 0. The maximum atomic E-state index is 10.9. The molecule has 13 heavy (non-hydrogen) atoms. The molecule has 7 nitrogen and oxygen atoms in total. The zero-order valence-corrected chi connectivity index (χ0v) is 6.41. The fraction of sp³-hybridized carbons (Fsp3) is 0. The Hall–Kier alpha value is -2.18. The lowest BCUT2D eigenvalue weighted by molar-refractivity contribution is -0.122. The maximum Gasteiger partial charge on any atom is 0.294 e. The summed E-state index contributed by atoms with van der Waals surface area (Å²) in [6.45, 7) is -0.250. The van der Waals surface area contributed by atoms with Gasteiger partial charge in [-0.3, -0.25) is 9.59 Å². The number of fused-ring (bicyclic) bond motifs is 1. The Morgan fingerprint density at radius 3 is 2.92 bits per heavy atom. The van der Waals surface area contributed by atoms with Crippen molar-refractivity contribution in [1.29, 1.82) is 0 Å². The predicted molar refractivity (Wildman–Crippen MR) is 42.3 cm³/mol. The molecule has 68 valence electrons. The van der Waals surface area contributed by atoms with Gasteiger partial charge >= 0.3 is 0 Å². The lowest BCUT2D eigenvalue weighted by Crippen LogP contribution is -2.10. The SMILES string of the molecule is O=CO.O=c1[nH]cnn2ccnc12. The zero-order valence-electron chi connectivity index (χ0n) is 6.41. The Labute approximate surface area is 71.7 Å². The van der Waals surface area contributed by atoms with Crippen molar-refractivity contribution >= 4 is 12.1 Å². The third kappa shape index (κ3) is 1.89. The molecule has 0 unspecified atom stereocenters. The van der Waals surface area contributed by atoms with Crippen LogP contribution in [-0.2, 0) is 4.79 Å². The fourth-order valence-corrected chi connectivity index (χ4v) is 0.767. The molecule has 0 aliphatic rings. The van der Waals surface area contributed by atoms with Gasteiger partial charge in [-0.05, 0) is 0 Å². The van der Waals surface area contributed by atoms with Gasteiger partial charge in [-0.1, -0.05) is 0 Å². The van der Waals surface area contributed by atoms with E-state index in [4.69, 9.17) is 9.90 Å². The second kappa shape index (κ2) is 4.00. The second-order valence-corrected chi connectivity index (χ2v) is 1.92. The van der Waals surface area contributed by atoms with Gasteiger partial charge in [0.1, 0.15) is 6.33 Å². The number of carbonyl (C=O) groups is 1. The Morgan fingerprint density at radius 2 is 2.31 bits per heavy atom. The van der Waals surface area contributed by atoms with Crippen molar-refractivity contribution in [3.63, 3.8) is 0 Å². The Bertz CT molecular complexity index is 446. The Kier molecular flexibility index (Phi) is 2.74. The summed E-state index contributed by atoms with van der Waals surface area (Å²) in [6.07, 6.45) is 4.47. The van der Waals surface area contributed by atoms with E-state index in [9.17, 15) is 4.79 Å². The molecule has 0 aliphatic heterocycles. The number of carboxylic acid groups (broad SMARTS) is 1. The van der Waals surface area contributed by atoms with Crippen LogP contribution in [0.5, 0.6) is 0 Å². The standard InChI is InChI=1S/C5H4N4O.CH2O2/c10-5-4-6-1-2-9(4)8-3-7-5;2-1-3/h1-3H,(H,7,8,10);1H,(H,2,3). The first-order chi connectivity index (χ1) is 6.29. The van der Waals surface area contributed by atoms with E-state index >= 15 is 0 Å². The molecule has 2 rings (SSSR count). The average Bonchev–Trinajstić information content (AvgIpc) is 2.54. The molecule has 0 aliphatic carbocycles. The highest BCUT2D eigenvalue weighted by molar-refractivity contribution is 5.32. The molecule has 2 aromatic rings. The first-order valence-electron chi connectivity index (χ1n) is 3.24. The van der Waals surface area contributed by atoms with E-state index in [0.29, 0.717) is 5.65 Å². The average molecular weight is 182 g/mol. The quantitative estimate of drug-likeness (QED) is 0.515. The van der Waals surface area contributed by atoms with Gasteiger partial charge in [0, 0.05) is 12.4 Å². The Balaban J connectivity index is 0.000000251. The molecular weight excluding hydrogens is 176 g/mol. The number of aromatic amines is 1. The molecule has 0 saturated heterocycles. The van der Waals surface area contributed by atoms with Crippen LogP contribution in [0.15, 0.2) is 23.5 Å². The van der Waals surface area contributed by atoms with Crippen molar-refractivity contribution < 1.29 is 9.90 Å². The first-order valence-corrected chi connectivity index (χ1v) is 3.24. The van der Waals surface area contributed by atoms with Gasteiger partial charge in [0.15, 0.2) is 0 Å². The normalized spacial score (nSPS) is 8.92. The van der Waals surface area contributed by atoms with Gasteiger partial charge in [0.05, 0.1) is 0 Å². The minimum Gasteiger partial charge on any atom is -0.483 e. The van der Waals surface area contributed by atoms with Crippen molar-refractivity contribution in [3.05, 3.63) is 29.1 Å². The second-order valence-electron chi connectivity index (χ2n) is 1.92. The molecule has 0 bridgehead atoms. The predicted octanol–water partition coefficient (Wildman–Crippen LogP) is -0.882. The Morgan fingerprint density at radius 1 is 1.62 bits per heavy atom. The lowest BCUT2D eigenvalue weighted by atomic mass is 10.8. The van der Waals surface area contributed by atoms with Gasteiger partial charge in [-0.25, -0.2) is 9.50 Å². The van der Waals surface area contributed by atoms with Crippen molar-refractivity contribution in [2.75, 3.05) is 0 Å². The van der Waals surface area contributed by atoms with E-state index in [1.165, 1.54) is 17.0 Å². The van der Waals surface area contributed by atoms with Crippen LogP contribution in [0, 0.1) is 0 Å². The molecular formula is C6H6N4O3. The molecule has 0 spiro atoms. The number of rotatable bonds is 0. The van der Waals surface area contributed by atoms with E-state index < -0.39 is 0 Å². The van der Waals surface area contributed by atoms with Crippen molar-refractivity contribution in [2.24, 2.45) is 0 Å². The molecule has 0 amide bonds. The summed E-state index contributed by atoms with van der Waals surface area (Å²) in [5.74, 6) is 0. The summed E-state index contributed by atoms with van der Waals surface area (Å²) >= 11 is 0. The number of hydrogen-bond donors (Lipinski definition) is 2. The zero-order chi connectivity index (χ0) is 9.68. The van der Waals surface area contributed by atoms with Crippen LogP contribution in [-0.4, -0.2) is 31.2 Å². The summed E-state index contributed by atoms with van der Waals surface area (Å²) < 4.78 is 1.42. The van der Waals surface area contributed by atoms with Crippen LogP contribution in [0.2, 0.25) is 0 Å². The molecule has 7 heteroatoms. The van der Waals surface area contributed by atoms with Gasteiger partial charge < -0.3 is 10.1 Å². The number of H-pyrrole nitrogens is 1. The van der Waals surface area contributed by atoms with Gasteiger partial charge in [0.25, 0.3) is 12.0 Å². The van der Waals surface area contributed by atoms with Gasteiger partial charge in [-0.15, -0.1) is 0 Å². The molecule has 2 heterocycles. The topological polar surface area (TPSA) is 100 Å². The summed E-state index contributed by atoms with van der Waals surface area (Å²) in [5, 5.41) is 10.7. The monoisotopic (exact) mass is 182 g/mol. The molecule has 2 aromatic heterocycles. The number of imidazole rings is 1. The lowest BCUT2D eigenvalue weighted by Gasteiger charge is -1.85. The van der Waals surface area contributed by atoms with Crippen LogP contribution in [0.25, 0.3) is 5.65 Å². The summed E-state index contributed by atoms with van der Waals surface area (Å²) in [4.78, 5) is 25.4. The minimum absolute atomic E-state index is 0.222. The maximum absolute atomic E-state index is 10.9. The molecule has 2 N–H and O–H groups in total. The minimum atomic E-state index is -0.250. The van der Waals surface area contributed by atoms with E-state index in [-0.39, 0.29) is 12.0 Å². The third-order valence-corrected chi connectivity index (χ3v) is 1.20. The van der Waals surface area contributed by atoms with Crippen LogP contribution >= 0.6 is 0 Å². The number of hydrogen-bond acceptors (Lipinski definition) is 4. The third-order valence-electron chi connectivity index (χ3n) is 1.20. The first kappa shape index (κ1) is 8.91. The molecule has 0 radical (unpaired) electrons. The van der Waals surface area contributed by atoms with Crippen LogP contribution in [0.1, 0.15) is 0 Å². The van der Waals surface area contributed by atoms with E-state index in [1.54, 1.807) is 6.20 Å². The van der Waals surface area contributed by atoms with E-state index in [1.807, 2.05) is 0 Å². The van der Waals surface area contributed by atoms with Crippen molar-refractivity contribution in [3.8, 4) is 0 Å². The van der Waals surface area contributed by atoms with Crippen LogP contribution in [0.3, 0.4) is 0 Å². The van der Waals surface area contributed by atoms with Crippen molar-refractivity contribution in [1.82, 2.24) is 19.6 Å². The van der Waals surface area contributed by atoms with E-state index in [2.05, 4.69) is 15.1 Å². The van der Waals surface area contributed by atoms with Crippen LogP contribution < -0.4 is 5.56 Å². The van der Waals surface area contributed by atoms with Gasteiger partial charge in [0.2, 0.25) is 5.65 Å². The molecule has 0 aromatic carbocycles. The van der Waals surface area contributed by atoms with E-state index in [0.717, 1.165) is 0 Å².